The highest BCUT2D eigenvalue weighted by Gasteiger charge is 2.45. The van der Waals surface area contributed by atoms with Crippen LogP contribution in [0, 0.1) is 18.7 Å². The summed E-state index contributed by atoms with van der Waals surface area (Å²) in [6, 6.07) is 8.05. The number of Topliss-reactive ketones (excluding diaryl/α,β-unsaturated/α-hetero) is 1. The molecule has 0 radical (unpaired) electrons. The Kier molecular flexibility index (Phi) is 3.16. The Morgan fingerprint density at radius 3 is 2.79 bits per heavy atom. The van der Waals surface area contributed by atoms with Gasteiger partial charge in [-0.2, -0.15) is 0 Å². The second kappa shape index (κ2) is 5.12. The van der Waals surface area contributed by atoms with Crippen molar-refractivity contribution in [2.24, 2.45) is 5.92 Å². The summed E-state index contributed by atoms with van der Waals surface area (Å²) in [4.78, 5) is 16.6. The number of imidazole rings is 1. The summed E-state index contributed by atoms with van der Waals surface area (Å²) in [5.41, 5.74) is 8.94. The van der Waals surface area contributed by atoms with Crippen molar-refractivity contribution in [1.29, 1.82) is 0 Å². The number of alkyl halides is 1. The normalized spacial score (nSPS) is 19.6. The zero-order valence-electron chi connectivity index (χ0n) is 13.0. The molecule has 122 valence electrons. The summed E-state index contributed by atoms with van der Waals surface area (Å²) in [7, 11) is 0. The Morgan fingerprint density at radius 1 is 1.33 bits per heavy atom. The van der Waals surface area contributed by atoms with Crippen molar-refractivity contribution in [3.05, 3.63) is 53.6 Å². The fraction of sp³-hybridized carbons (Fsp3) is 0.222. The van der Waals surface area contributed by atoms with Gasteiger partial charge in [0.05, 0.1) is 5.92 Å². The number of halogens is 2. The number of anilines is 1. The number of nitrogens with zero attached hydrogens (tertiary/aromatic N) is 2. The Balaban J connectivity index is 1.88. The Labute approximate surface area is 136 Å². The molecule has 1 saturated carbocycles. The van der Waals surface area contributed by atoms with E-state index in [4.69, 9.17) is 5.73 Å². The van der Waals surface area contributed by atoms with Gasteiger partial charge in [0.25, 0.3) is 0 Å². The first-order chi connectivity index (χ1) is 11.5. The van der Waals surface area contributed by atoms with Gasteiger partial charge in [0, 0.05) is 6.20 Å². The van der Waals surface area contributed by atoms with Crippen molar-refractivity contribution in [1.82, 2.24) is 9.38 Å². The third-order valence-corrected chi connectivity index (χ3v) is 4.44. The van der Waals surface area contributed by atoms with E-state index in [2.05, 4.69) is 4.98 Å². The second-order valence-electron chi connectivity index (χ2n) is 6.17. The number of aromatic nitrogens is 2. The van der Waals surface area contributed by atoms with E-state index in [0.29, 0.717) is 5.65 Å². The number of hydrogen-bond acceptors (Lipinski definition) is 3. The number of ketones is 1. The molecule has 2 heterocycles. The number of fused-ring (bicyclic) bond motifs is 1. The molecule has 24 heavy (non-hydrogen) atoms. The van der Waals surface area contributed by atoms with Gasteiger partial charge in [-0.25, -0.2) is 13.8 Å². The van der Waals surface area contributed by atoms with E-state index in [0.717, 1.165) is 16.7 Å². The molecule has 0 saturated heterocycles. The van der Waals surface area contributed by atoms with Crippen molar-refractivity contribution in [3.63, 3.8) is 0 Å². The summed E-state index contributed by atoms with van der Waals surface area (Å²) < 4.78 is 28.4. The first kappa shape index (κ1) is 14.8. The Bertz CT molecular complexity index is 980. The quantitative estimate of drug-likeness (QED) is 0.748. The van der Waals surface area contributed by atoms with Crippen LogP contribution in [-0.4, -0.2) is 21.3 Å². The number of benzene rings is 1. The number of pyridine rings is 1. The first-order valence-electron chi connectivity index (χ1n) is 7.68. The van der Waals surface area contributed by atoms with Gasteiger partial charge in [0.1, 0.15) is 23.3 Å². The van der Waals surface area contributed by atoms with Crippen molar-refractivity contribution in [2.45, 2.75) is 19.5 Å². The van der Waals surface area contributed by atoms with Crippen LogP contribution in [0.5, 0.6) is 0 Å². The largest absolute Gasteiger partial charge is 0.382 e. The second-order valence-corrected chi connectivity index (χ2v) is 6.17. The molecule has 0 unspecified atom stereocenters. The number of carbonyl (C=O) groups excluding carboxylic acids is 1. The molecule has 4 nitrogen and oxygen atoms in total. The van der Waals surface area contributed by atoms with Crippen LogP contribution in [-0.2, 0) is 0 Å². The summed E-state index contributed by atoms with van der Waals surface area (Å²) >= 11 is 0. The van der Waals surface area contributed by atoms with Crippen LogP contribution in [0.4, 0.5) is 14.6 Å². The van der Waals surface area contributed by atoms with Gasteiger partial charge in [0.15, 0.2) is 11.6 Å². The van der Waals surface area contributed by atoms with Crippen LogP contribution in [0.15, 0.2) is 36.5 Å². The standard InChI is InChI=1S/C18H15F2N3O/c1-9-2-4-11(19)6-12(9)10-3-5-15-22-18(21)16(23(15)8-10)17(24)13-7-14(13)20/h2-6,8,13-14H,7,21H2,1H3/t13-,14+/m1/s1. The van der Waals surface area contributed by atoms with Crippen LogP contribution >= 0.6 is 0 Å². The molecule has 0 amide bonds. The molecule has 0 spiro atoms. The number of aryl methyl sites for hydroxylation is 1. The molecule has 2 aromatic heterocycles. The van der Waals surface area contributed by atoms with Gasteiger partial charge in [0.2, 0.25) is 0 Å². The number of carbonyl (C=O) groups is 1. The van der Waals surface area contributed by atoms with Crippen LogP contribution < -0.4 is 5.73 Å². The van der Waals surface area contributed by atoms with Crippen LogP contribution in [0.3, 0.4) is 0 Å². The number of rotatable bonds is 3. The monoisotopic (exact) mass is 327 g/mol. The first-order valence-corrected chi connectivity index (χ1v) is 7.68. The van der Waals surface area contributed by atoms with Gasteiger partial charge >= 0.3 is 0 Å². The zero-order chi connectivity index (χ0) is 17.0. The highest BCUT2D eigenvalue weighted by atomic mass is 19.1. The molecule has 1 aliphatic rings. The summed E-state index contributed by atoms with van der Waals surface area (Å²) in [6.07, 6.45) is 0.827. The zero-order valence-corrected chi connectivity index (χ0v) is 13.0. The van der Waals surface area contributed by atoms with Gasteiger partial charge in [-0.05, 0) is 54.3 Å². The van der Waals surface area contributed by atoms with E-state index in [9.17, 15) is 13.6 Å². The lowest BCUT2D eigenvalue weighted by Gasteiger charge is -2.08. The topological polar surface area (TPSA) is 60.4 Å². The van der Waals surface area contributed by atoms with Crippen molar-refractivity contribution in [3.8, 4) is 11.1 Å². The number of nitrogen functional groups attached to an aromatic ring is 1. The van der Waals surface area contributed by atoms with Gasteiger partial charge in [-0.3, -0.25) is 9.20 Å². The summed E-state index contributed by atoms with van der Waals surface area (Å²) in [6.45, 7) is 1.88. The predicted octanol–water partition coefficient (Wildman–Crippen LogP) is 3.57. The highest BCUT2D eigenvalue weighted by molar-refractivity contribution is 6.03. The van der Waals surface area contributed by atoms with E-state index < -0.39 is 12.1 Å². The van der Waals surface area contributed by atoms with Crippen molar-refractivity contribution in [2.75, 3.05) is 5.73 Å². The van der Waals surface area contributed by atoms with Gasteiger partial charge in [-0.15, -0.1) is 0 Å². The third-order valence-electron chi connectivity index (χ3n) is 4.44. The predicted molar refractivity (Wildman–Crippen MR) is 87.1 cm³/mol. The highest BCUT2D eigenvalue weighted by Crippen LogP contribution is 2.38. The molecule has 0 aliphatic heterocycles. The van der Waals surface area contributed by atoms with Crippen LogP contribution in [0.2, 0.25) is 0 Å². The van der Waals surface area contributed by atoms with Crippen LogP contribution in [0.25, 0.3) is 16.8 Å². The molecule has 2 N–H and O–H groups in total. The van der Waals surface area contributed by atoms with Crippen molar-refractivity contribution < 1.29 is 13.6 Å². The SMILES string of the molecule is Cc1ccc(F)cc1-c1ccc2nc(N)c(C(=O)[C@@H]3C[C@@H]3F)n2c1. The minimum Gasteiger partial charge on any atom is -0.382 e. The maximum absolute atomic E-state index is 13.6. The fourth-order valence-electron chi connectivity index (χ4n) is 2.98. The maximum Gasteiger partial charge on any atom is 0.189 e. The molecule has 6 heteroatoms. The molecule has 0 bridgehead atoms. The Hall–Kier alpha value is -2.76. The van der Waals surface area contributed by atoms with Crippen molar-refractivity contribution >= 4 is 17.2 Å². The summed E-state index contributed by atoms with van der Waals surface area (Å²) in [5, 5.41) is 0. The Morgan fingerprint density at radius 2 is 2.08 bits per heavy atom. The third kappa shape index (κ3) is 2.26. The lowest BCUT2D eigenvalue weighted by Crippen LogP contribution is -2.10. The lowest BCUT2D eigenvalue weighted by atomic mass is 10.0. The van der Waals surface area contributed by atoms with E-state index in [1.54, 1.807) is 28.8 Å². The van der Waals surface area contributed by atoms with E-state index in [1.165, 1.54) is 12.1 Å². The van der Waals surface area contributed by atoms with E-state index in [1.807, 2.05) is 6.92 Å². The average molecular weight is 327 g/mol. The maximum atomic E-state index is 13.6. The summed E-state index contributed by atoms with van der Waals surface area (Å²) in [5.74, 6) is -1.21. The minimum atomic E-state index is -1.10. The van der Waals surface area contributed by atoms with Crippen LogP contribution in [0.1, 0.15) is 22.5 Å². The van der Waals surface area contributed by atoms with Gasteiger partial charge in [-0.1, -0.05) is 6.07 Å². The molecular formula is C18H15F2N3O. The van der Waals surface area contributed by atoms with E-state index in [-0.39, 0.29) is 29.5 Å². The average Bonchev–Trinajstić information content (AvgIpc) is 3.18. The smallest absolute Gasteiger partial charge is 0.189 e. The molecule has 3 aromatic rings. The molecule has 2 atom stereocenters. The molecular weight excluding hydrogens is 312 g/mol. The lowest BCUT2D eigenvalue weighted by molar-refractivity contribution is 0.0952. The van der Waals surface area contributed by atoms with E-state index >= 15 is 0 Å². The fourth-order valence-corrected chi connectivity index (χ4v) is 2.98. The molecule has 4 rings (SSSR count). The molecule has 1 aromatic carbocycles. The van der Waals surface area contributed by atoms with Gasteiger partial charge < -0.3 is 5.73 Å². The molecule has 1 aliphatic carbocycles. The number of nitrogens with two attached hydrogens (primary N) is 1. The molecule has 1 fully saturated rings. The minimum absolute atomic E-state index is 0.0900. The number of hydrogen-bond donors (Lipinski definition) is 1.